The Morgan fingerprint density at radius 1 is 1.07 bits per heavy atom. The van der Waals surface area contributed by atoms with Gasteiger partial charge < -0.3 is 14.8 Å². The molecule has 0 saturated carbocycles. The molecule has 2 aromatic heterocycles. The van der Waals surface area contributed by atoms with Crippen LogP contribution < -0.4 is 5.32 Å². The lowest BCUT2D eigenvalue weighted by atomic mass is 10.00. The average Bonchev–Trinajstić information content (AvgIpc) is 3.32. The molecule has 0 aliphatic carbocycles. The summed E-state index contributed by atoms with van der Waals surface area (Å²) in [6.45, 7) is 4.08. The number of nitrogens with one attached hydrogen (secondary N) is 1. The summed E-state index contributed by atoms with van der Waals surface area (Å²) < 4.78 is 41.6. The quantitative estimate of drug-likeness (QED) is 0.572. The van der Waals surface area contributed by atoms with Crippen LogP contribution in [0.5, 0.6) is 0 Å². The summed E-state index contributed by atoms with van der Waals surface area (Å²) in [4.78, 5) is 6.57. The molecule has 0 unspecified atom stereocenters. The summed E-state index contributed by atoms with van der Waals surface area (Å²) in [5.74, 6) is 0. The van der Waals surface area contributed by atoms with Gasteiger partial charge in [-0.2, -0.15) is 13.2 Å². The molecule has 1 aliphatic heterocycles. The van der Waals surface area contributed by atoms with Crippen LogP contribution in [0.2, 0.25) is 0 Å². The fourth-order valence-corrected chi connectivity index (χ4v) is 4.39. The smallest absolute Gasteiger partial charge is 0.352 e. The number of halogens is 3. The van der Waals surface area contributed by atoms with E-state index in [4.69, 9.17) is 12.2 Å². The first-order chi connectivity index (χ1) is 14.3. The van der Waals surface area contributed by atoms with Crippen molar-refractivity contribution in [3.63, 3.8) is 0 Å². The molecule has 0 spiro atoms. The van der Waals surface area contributed by atoms with Crippen molar-refractivity contribution in [3.8, 4) is 5.69 Å². The minimum Gasteiger partial charge on any atom is -0.352 e. The number of benzene rings is 1. The van der Waals surface area contributed by atoms with E-state index in [1.165, 1.54) is 12.1 Å². The Bertz CT molecular complexity index is 1050. The summed E-state index contributed by atoms with van der Waals surface area (Å²) in [5.41, 5.74) is 1.43. The maximum Gasteiger partial charge on any atom is 0.416 e. The van der Waals surface area contributed by atoms with Crippen LogP contribution in [0.4, 0.5) is 13.2 Å². The minimum absolute atomic E-state index is 0.0913. The third-order valence-corrected chi connectivity index (χ3v) is 5.56. The zero-order valence-corrected chi connectivity index (χ0v) is 17.3. The lowest BCUT2D eigenvalue weighted by molar-refractivity contribution is -0.137. The first-order valence-corrected chi connectivity index (χ1v) is 10.0. The van der Waals surface area contributed by atoms with E-state index in [0.29, 0.717) is 10.8 Å². The van der Waals surface area contributed by atoms with Crippen LogP contribution in [-0.2, 0) is 6.18 Å². The molecule has 0 bridgehead atoms. The Balaban J connectivity index is 1.83. The molecule has 1 aromatic carbocycles. The highest BCUT2D eigenvalue weighted by Crippen LogP contribution is 2.41. The lowest BCUT2D eigenvalue weighted by Crippen LogP contribution is -2.36. The van der Waals surface area contributed by atoms with Gasteiger partial charge in [-0.05, 0) is 68.5 Å². The monoisotopic (exact) mass is 430 g/mol. The van der Waals surface area contributed by atoms with E-state index >= 15 is 0 Å². The van der Waals surface area contributed by atoms with E-state index < -0.39 is 11.7 Å². The minimum atomic E-state index is -4.40. The summed E-state index contributed by atoms with van der Waals surface area (Å²) >= 11 is 5.60. The molecule has 1 saturated heterocycles. The lowest BCUT2D eigenvalue weighted by Gasteiger charge is -2.31. The predicted octanol–water partition coefficient (Wildman–Crippen LogP) is 5.27. The molecule has 156 valence electrons. The second-order valence-corrected chi connectivity index (χ2v) is 7.87. The largest absolute Gasteiger partial charge is 0.416 e. The van der Waals surface area contributed by atoms with Crippen molar-refractivity contribution in [2.45, 2.75) is 38.1 Å². The van der Waals surface area contributed by atoms with Gasteiger partial charge in [0.1, 0.15) is 0 Å². The highest BCUT2D eigenvalue weighted by molar-refractivity contribution is 7.80. The van der Waals surface area contributed by atoms with Gasteiger partial charge in [-0.1, -0.05) is 12.1 Å². The van der Waals surface area contributed by atoms with Crippen molar-refractivity contribution in [2.75, 3.05) is 0 Å². The Labute approximate surface area is 178 Å². The number of thiocarbonyl (C=S) groups is 1. The van der Waals surface area contributed by atoms with Crippen LogP contribution in [0.3, 0.4) is 0 Å². The van der Waals surface area contributed by atoms with Gasteiger partial charge in [0.15, 0.2) is 5.11 Å². The van der Waals surface area contributed by atoms with Crippen LogP contribution in [0.15, 0.2) is 67.0 Å². The highest BCUT2D eigenvalue weighted by Gasteiger charge is 2.42. The molecule has 8 heteroatoms. The van der Waals surface area contributed by atoms with Crippen molar-refractivity contribution >= 4 is 17.3 Å². The van der Waals surface area contributed by atoms with Gasteiger partial charge in [-0.15, -0.1) is 0 Å². The van der Waals surface area contributed by atoms with Gasteiger partial charge in [0.05, 0.1) is 23.3 Å². The second-order valence-electron chi connectivity index (χ2n) is 7.48. The van der Waals surface area contributed by atoms with E-state index in [9.17, 15) is 13.2 Å². The Morgan fingerprint density at radius 3 is 2.53 bits per heavy atom. The normalized spacial score (nSPS) is 19.4. The number of aromatic nitrogens is 2. The fourth-order valence-electron chi connectivity index (χ4n) is 3.94. The predicted molar refractivity (Wildman–Crippen MR) is 113 cm³/mol. The summed E-state index contributed by atoms with van der Waals surface area (Å²) in [6.07, 6.45) is -0.901. The van der Waals surface area contributed by atoms with E-state index in [0.717, 1.165) is 17.5 Å². The number of hydrogen-bond donors (Lipinski definition) is 1. The Morgan fingerprint density at radius 2 is 1.87 bits per heavy atom. The molecule has 4 rings (SSSR count). The van der Waals surface area contributed by atoms with Crippen molar-refractivity contribution < 1.29 is 13.2 Å². The maximum atomic E-state index is 13.3. The molecule has 0 amide bonds. The van der Waals surface area contributed by atoms with Crippen LogP contribution in [0.25, 0.3) is 5.69 Å². The van der Waals surface area contributed by atoms with Crippen molar-refractivity contribution in [3.05, 3.63) is 83.9 Å². The first kappa shape index (κ1) is 20.4. The standard InChI is InChI=1S/C22H21F3N4S/c1-14(2)29-20(19(27-21(29)30)17-9-3-4-11-26-17)18-10-6-12-28(18)16-8-5-7-15(13-16)22(23,24)25/h3-14,19-20H,1-2H3,(H,27,30)/t19-,20-/m0/s1. The molecule has 1 N–H and O–H groups in total. The summed E-state index contributed by atoms with van der Waals surface area (Å²) in [6, 6.07) is 14.4. The molecular formula is C22H21F3N4S. The molecule has 3 heterocycles. The highest BCUT2D eigenvalue weighted by atomic mass is 32.1. The van der Waals surface area contributed by atoms with Gasteiger partial charge in [-0.25, -0.2) is 0 Å². The molecule has 3 aromatic rings. The van der Waals surface area contributed by atoms with E-state index in [1.54, 1.807) is 23.0 Å². The number of pyridine rings is 1. The van der Waals surface area contributed by atoms with Gasteiger partial charge in [-0.3, -0.25) is 4.98 Å². The summed E-state index contributed by atoms with van der Waals surface area (Å²) in [7, 11) is 0. The van der Waals surface area contributed by atoms with Crippen molar-refractivity contribution in [1.82, 2.24) is 19.8 Å². The van der Waals surface area contributed by atoms with Gasteiger partial charge in [0.2, 0.25) is 0 Å². The zero-order chi connectivity index (χ0) is 21.5. The van der Waals surface area contributed by atoms with Crippen molar-refractivity contribution in [2.24, 2.45) is 0 Å². The molecule has 4 nitrogen and oxygen atoms in total. The van der Waals surface area contributed by atoms with E-state index in [-0.39, 0.29) is 18.1 Å². The number of alkyl halides is 3. The topological polar surface area (TPSA) is 33.1 Å². The SMILES string of the molecule is CC(C)N1C(=S)N[C@@H](c2ccccn2)[C@@H]1c1cccn1-c1cccc(C(F)(F)F)c1. The first-order valence-electron chi connectivity index (χ1n) is 9.62. The van der Waals surface area contributed by atoms with Crippen LogP contribution >= 0.6 is 12.2 Å². The van der Waals surface area contributed by atoms with E-state index in [2.05, 4.69) is 15.2 Å². The molecular weight excluding hydrogens is 409 g/mol. The number of hydrogen-bond acceptors (Lipinski definition) is 2. The Hall–Kier alpha value is -2.87. The molecule has 2 atom stereocenters. The van der Waals surface area contributed by atoms with E-state index in [1.807, 2.05) is 44.2 Å². The Kier molecular flexibility index (Phi) is 5.27. The average molecular weight is 430 g/mol. The van der Waals surface area contributed by atoms with Crippen molar-refractivity contribution in [1.29, 1.82) is 0 Å². The number of nitrogens with zero attached hydrogens (tertiary/aromatic N) is 3. The number of rotatable bonds is 4. The van der Waals surface area contributed by atoms with Crippen LogP contribution in [-0.4, -0.2) is 25.6 Å². The maximum absolute atomic E-state index is 13.3. The fraction of sp³-hybridized carbons (Fsp3) is 0.273. The van der Waals surface area contributed by atoms with Gasteiger partial charge in [0, 0.05) is 29.8 Å². The van der Waals surface area contributed by atoms with Crippen LogP contribution in [0.1, 0.15) is 42.9 Å². The van der Waals surface area contributed by atoms with Crippen LogP contribution in [0, 0.1) is 0 Å². The zero-order valence-electron chi connectivity index (χ0n) is 16.5. The van der Waals surface area contributed by atoms with Gasteiger partial charge in [0.25, 0.3) is 0 Å². The third-order valence-electron chi connectivity index (χ3n) is 5.23. The molecule has 1 aliphatic rings. The molecule has 0 radical (unpaired) electrons. The third kappa shape index (κ3) is 3.67. The van der Waals surface area contributed by atoms with Gasteiger partial charge >= 0.3 is 6.18 Å². The molecule has 30 heavy (non-hydrogen) atoms. The molecule has 1 fully saturated rings. The second kappa shape index (κ2) is 7.75. The summed E-state index contributed by atoms with van der Waals surface area (Å²) in [5, 5.41) is 3.96.